The SMILES string of the molecule is CCCC(=O)N1CCN(c2cccc3c2C(=O)N(Cc2cccc(F)c2)C3=O)CC1. The lowest BCUT2D eigenvalue weighted by molar-refractivity contribution is -0.131. The van der Waals surface area contributed by atoms with Crippen molar-refractivity contribution in [1.29, 1.82) is 0 Å². The molecule has 0 N–H and O–H groups in total. The Kier molecular flexibility index (Phi) is 5.53. The van der Waals surface area contributed by atoms with E-state index in [0.29, 0.717) is 49.3 Å². The molecule has 0 atom stereocenters. The van der Waals surface area contributed by atoms with Gasteiger partial charge in [0.05, 0.1) is 23.4 Å². The van der Waals surface area contributed by atoms with Gasteiger partial charge in [-0.1, -0.05) is 25.1 Å². The van der Waals surface area contributed by atoms with Crippen molar-refractivity contribution < 1.29 is 18.8 Å². The number of benzene rings is 2. The molecule has 0 aromatic heterocycles. The molecule has 2 heterocycles. The van der Waals surface area contributed by atoms with Gasteiger partial charge in [0, 0.05) is 32.6 Å². The second kappa shape index (κ2) is 8.26. The largest absolute Gasteiger partial charge is 0.367 e. The maximum absolute atomic E-state index is 13.5. The van der Waals surface area contributed by atoms with Crippen molar-refractivity contribution in [1.82, 2.24) is 9.80 Å². The predicted molar refractivity (Wildman–Crippen MR) is 111 cm³/mol. The first-order valence-corrected chi connectivity index (χ1v) is 10.3. The van der Waals surface area contributed by atoms with E-state index in [9.17, 15) is 18.8 Å². The first-order chi connectivity index (χ1) is 14.5. The van der Waals surface area contributed by atoms with Gasteiger partial charge in [0.1, 0.15) is 5.82 Å². The minimum Gasteiger partial charge on any atom is -0.367 e. The van der Waals surface area contributed by atoms with E-state index in [4.69, 9.17) is 0 Å². The quantitative estimate of drug-likeness (QED) is 0.712. The molecule has 2 aromatic carbocycles. The Hall–Kier alpha value is -3.22. The summed E-state index contributed by atoms with van der Waals surface area (Å²) in [5.74, 6) is -0.972. The van der Waals surface area contributed by atoms with Crippen molar-refractivity contribution in [2.75, 3.05) is 31.1 Å². The van der Waals surface area contributed by atoms with Crippen LogP contribution in [-0.4, -0.2) is 53.7 Å². The van der Waals surface area contributed by atoms with Crippen LogP contribution in [0.1, 0.15) is 46.0 Å². The number of anilines is 1. The Labute approximate surface area is 174 Å². The monoisotopic (exact) mass is 409 g/mol. The molecule has 7 heteroatoms. The summed E-state index contributed by atoms with van der Waals surface area (Å²) in [5.41, 5.74) is 2.05. The molecule has 2 aliphatic rings. The molecular formula is C23H24FN3O3. The summed E-state index contributed by atoms with van der Waals surface area (Å²) < 4.78 is 13.5. The lowest BCUT2D eigenvalue weighted by Gasteiger charge is -2.36. The number of amides is 3. The van der Waals surface area contributed by atoms with Crippen LogP contribution in [0.3, 0.4) is 0 Å². The number of carbonyl (C=O) groups excluding carboxylic acids is 3. The highest BCUT2D eigenvalue weighted by atomic mass is 19.1. The van der Waals surface area contributed by atoms with Crippen LogP contribution in [0.5, 0.6) is 0 Å². The smallest absolute Gasteiger partial charge is 0.263 e. The number of hydrogen-bond acceptors (Lipinski definition) is 4. The summed E-state index contributed by atoms with van der Waals surface area (Å²) in [6, 6.07) is 11.2. The van der Waals surface area contributed by atoms with Gasteiger partial charge in [-0.15, -0.1) is 0 Å². The van der Waals surface area contributed by atoms with Gasteiger partial charge in [0.25, 0.3) is 11.8 Å². The van der Waals surface area contributed by atoms with Gasteiger partial charge in [-0.05, 0) is 36.2 Å². The molecule has 1 fully saturated rings. The molecule has 3 amide bonds. The highest BCUT2D eigenvalue weighted by Gasteiger charge is 2.38. The van der Waals surface area contributed by atoms with Crippen molar-refractivity contribution in [2.45, 2.75) is 26.3 Å². The van der Waals surface area contributed by atoms with Crippen molar-refractivity contribution >= 4 is 23.4 Å². The van der Waals surface area contributed by atoms with E-state index in [-0.39, 0.29) is 24.3 Å². The Morgan fingerprint density at radius 1 is 1.00 bits per heavy atom. The fourth-order valence-corrected chi connectivity index (χ4v) is 4.11. The van der Waals surface area contributed by atoms with Crippen molar-refractivity contribution in [2.24, 2.45) is 0 Å². The predicted octanol–water partition coefficient (Wildman–Crippen LogP) is 3.07. The van der Waals surface area contributed by atoms with E-state index in [0.717, 1.165) is 12.1 Å². The summed E-state index contributed by atoms with van der Waals surface area (Å²) in [5, 5.41) is 0. The molecule has 2 aromatic rings. The number of imide groups is 1. The average molecular weight is 409 g/mol. The maximum Gasteiger partial charge on any atom is 0.263 e. The van der Waals surface area contributed by atoms with Crippen molar-refractivity contribution in [3.8, 4) is 0 Å². The van der Waals surface area contributed by atoms with Crippen LogP contribution in [0, 0.1) is 5.82 Å². The number of carbonyl (C=O) groups is 3. The molecule has 0 bridgehead atoms. The zero-order valence-corrected chi connectivity index (χ0v) is 16.9. The lowest BCUT2D eigenvalue weighted by atomic mass is 10.1. The van der Waals surface area contributed by atoms with Gasteiger partial charge in [0.2, 0.25) is 5.91 Å². The normalized spacial score (nSPS) is 16.3. The van der Waals surface area contributed by atoms with Gasteiger partial charge in [-0.2, -0.15) is 0 Å². The van der Waals surface area contributed by atoms with Crippen LogP contribution in [0.4, 0.5) is 10.1 Å². The molecule has 0 radical (unpaired) electrons. The fraction of sp³-hybridized carbons (Fsp3) is 0.348. The van der Waals surface area contributed by atoms with E-state index in [1.807, 2.05) is 17.9 Å². The Morgan fingerprint density at radius 2 is 1.73 bits per heavy atom. The lowest BCUT2D eigenvalue weighted by Crippen LogP contribution is -2.49. The van der Waals surface area contributed by atoms with Gasteiger partial charge in [0.15, 0.2) is 0 Å². The van der Waals surface area contributed by atoms with Gasteiger partial charge in [-0.25, -0.2) is 4.39 Å². The highest BCUT2D eigenvalue weighted by molar-refractivity contribution is 6.23. The molecule has 0 unspecified atom stereocenters. The summed E-state index contributed by atoms with van der Waals surface area (Å²) in [6.45, 7) is 4.42. The van der Waals surface area contributed by atoms with Crippen LogP contribution in [0.25, 0.3) is 0 Å². The molecule has 1 saturated heterocycles. The third kappa shape index (κ3) is 3.67. The summed E-state index contributed by atoms with van der Waals surface area (Å²) in [6.07, 6.45) is 1.37. The van der Waals surface area contributed by atoms with E-state index in [2.05, 4.69) is 4.90 Å². The number of hydrogen-bond donors (Lipinski definition) is 0. The van der Waals surface area contributed by atoms with Gasteiger partial charge in [-0.3, -0.25) is 19.3 Å². The van der Waals surface area contributed by atoms with Crippen LogP contribution in [-0.2, 0) is 11.3 Å². The molecule has 2 aliphatic heterocycles. The molecule has 0 saturated carbocycles. The molecule has 0 aliphatic carbocycles. The first kappa shape index (κ1) is 20.1. The Morgan fingerprint density at radius 3 is 2.43 bits per heavy atom. The van der Waals surface area contributed by atoms with E-state index >= 15 is 0 Å². The van der Waals surface area contributed by atoms with Crippen LogP contribution in [0.2, 0.25) is 0 Å². The zero-order chi connectivity index (χ0) is 21.3. The Bertz CT molecular complexity index is 999. The molecular weight excluding hydrogens is 385 g/mol. The maximum atomic E-state index is 13.5. The molecule has 30 heavy (non-hydrogen) atoms. The standard InChI is InChI=1S/C23H24FN3O3/c1-2-5-20(28)26-12-10-25(11-13-26)19-9-4-8-18-21(19)23(30)27(22(18)29)15-16-6-3-7-17(24)14-16/h3-4,6-9,14H,2,5,10-13,15H2,1H3. The second-order valence-corrected chi connectivity index (χ2v) is 7.64. The third-order valence-corrected chi connectivity index (χ3v) is 5.64. The summed E-state index contributed by atoms with van der Waals surface area (Å²) >= 11 is 0. The topological polar surface area (TPSA) is 60.9 Å². The average Bonchev–Trinajstić information content (AvgIpc) is 2.99. The number of fused-ring (bicyclic) bond motifs is 1. The zero-order valence-electron chi connectivity index (χ0n) is 16.9. The Balaban J connectivity index is 1.54. The van der Waals surface area contributed by atoms with E-state index in [1.165, 1.54) is 17.0 Å². The highest BCUT2D eigenvalue weighted by Crippen LogP contribution is 2.33. The molecule has 6 nitrogen and oxygen atoms in total. The minimum atomic E-state index is -0.403. The van der Waals surface area contributed by atoms with Gasteiger partial charge < -0.3 is 9.80 Å². The number of halogens is 1. The third-order valence-electron chi connectivity index (χ3n) is 5.64. The van der Waals surface area contributed by atoms with Crippen molar-refractivity contribution in [3.05, 3.63) is 65.0 Å². The first-order valence-electron chi connectivity index (χ1n) is 10.3. The molecule has 156 valence electrons. The fourth-order valence-electron chi connectivity index (χ4n) is 4.11. The number of nitrogens with zero attached hydrogens (tertiary/aromatic N) is 3. The minimum absolute atomic E-state index is 0.0306. The van der Waals surface area contributed by atoms with E-state index in [1.54, 1.807) is 24.3 Å². The van der Waals surface area contributed by atoms with Crippen LogP contribution < -0.4 is 4.90 Å². The molecule has 4 rings (SSSR count). The molecule has 0 spiro atoms. The van der Waals surface area contributed by atoms with Gasteiger partial charge >= 0.3 is 0 Å². The van der Waals surface area contributed by atoms with Crippen LogP contribution >= 0.6 is 0 Å². The summed E-state index contributed by atoms with van der Waals surface area (Å²) in [4.78, 5) is 43.2. The number of piperazine rings is 1. The van der Waals surface area contributed by atoms with Crippen molar-refractivity contribution in [3.63, 3.8) is 0 Å². The van der Waals surface area contributed by atoms with E-state index < -0.39 is 5.82 Å². The van der Waals surface area contributed by atoms with Crippen LogP contribution in [0.15, 0.2) is 42.5 Å². The second-order valence-electron chi connectivity index (χ2n) is 7.64. The summed E-state index contributed by atoms with van der Waals surface area (Å²) in [7, 11) is 0. The number of rotatable bonds is 5.